The van der Waals surface area contributed by atoms with Crippen molar-refractivity contribution in [3.05, 3.63) is 36.4 Å². The zero-order chi connectivity index (χ0) is 13.2. The highest BCUT2D eigenvalue weighted by atomic mass is 16.3. The molecule has 2 heteroatoms. The first kappa shape index (κ1) is 12.3. The Labute approximate surface area is 114 Å². The van der Waals surface area contributed by atoms with Crippen molar-refractivity contribution in [3.63, 3.8) is 0 Å². The van der Waals surface area contributed by atoms with Crippen LogP contribution in [0.1, 0.15) is 32.6 Å². The molecule has 2 atom stereocenters. The van der Waals surface area contributed by atoms with Gasteiger partial charge in [-0.05, 0) is 37.3 Å². The molecule has 0 heterocycles. The summed E-state index contributed by atoms with van der Waals surface area (Å²) in [4.78, 5) is 0. The first-order valence-corrected chi connectivity index (χ1v) is 7.25. The predicted octanol–water partition coefficient (Wildman–Crippen LogP) is 4.54. The Kier molecular flexibility index (Phi) is 3.33. The van der Waals surface area contributed by atoms with Crippen LogP contribution in [0.5, 0.6) is 5.75 Å². The van der Waals surface area contributed by atoms with Crippen LogP contribution in [0, 0.1) is 5.92 Å². The molecule has 19 heavy (non-hydrogen) atoms. The normalized spacial score (nSPS) is 22.8. The number of fused-ring (bicyclic) bond motifs is 1. The highest BCUT2D eigenvalue weighted by Crippen LogP contribution is 2.34. The molecule has 0 saturated heterocycles. The summed E-state index contributed by atoms with van der Waals surface area (Å²) in [5.74, 6) is 1.24. The van der Waals surface area contributed by atoms with E-state index in [-0.39, 0.29) is 0 Å². The van der Waals surface area contributed by atoms with Crippen molar-refractivity contribution in [3.8, 4) is 5.75 Å². The van der Waals surface area contributed by atoms with Gasteiger partial charge >= 0.3 is 0 Å². The molecule has 0 aromatic heterocycles. The predicted molar refractivity (Wildman–Crippen MR) is 80.7 cm³/mol. The molecule has 3 rings (SSSR count). The van der Waals surface area contributed by atoms with Gasteiger partial charge in [0.2, 0.25) is 0 Å². The number of hydrogen-bond donors (Lipinski definition) is 2. The largest absolute Gasteiger partial charge is 0.507 e. The summed E-state index contributed by atoms with van der Waals surface area (Å²) in [6, 6.07) is 12.4. The van der Waals surface area contributed by atoms with Crippen molar-refractivity contribution >= 4 is 16.5 Å². The van der Waals surface area contributed by atoms with Crippen molar-refractivity contribution in [1.29, 1.82) is 0 Å². The summed E-state index contributed by atoms with van der Waals surface area (Å²) in [5, 5.41) is 15.6. The SMILES string of the molecule is CCC1CCC(Nc2cccc3c(O)cccc23)C1. The maximum Gasteiger partial charge on any atom is 0.123 e. The van der Waals surface area contributed by atoms with E-state index >= 15 is 0 Å². The topological polar surface area (TPSA) is 32.3 Å². The summed E-state index contributed by atoms with van der Waals surface area (Å²) in [7, 11) is 0. The van der Waals surface area contributed by atoms with Crippen LogP contribution in [-0.2, 0) is 0 Å². The Morgan fingerprint density at radius 3 is 2.68 bits per heavy atom. The van der Waals surface area contributed by atoms with E-state index in [1.165, 1.54) is 25.7 Å². The van der Waals surface area contributed by atoms with E-state index in [2.05, 4.69) is 24.4 Å². The minimum absolute atomic E-state index is 0.360. The molecule has 1 aliphatic carbocycles. The molecule has 0 amide bonds. The molecule has 0 aliphatic heterocycles. The average molecular weight is 255 g/mol. The monoisotopic (exact) mass is 255 g/mol. The second kappa shape index (κ2) is 5.12. The second-order valence-corrected chi connectivity index (χ2v) is 5.61. The molecule has 100 valence electrons. The minimum atomic E-state index is 0.360. The molecule has 1 aliphatic rings. The van der Waals surface area contributed by atoms with Crippen LogP contribution in [-0.4, -0.2) is 11.1 Å². The van der Waals surface area contributed by atoms with E-state index in [9.17, 15) is 5.11 Å². The molecule has 1 saturated carbocycles. The lowest BCUT2D eigenvalue weighted by atomic mass is 10.0. The first-order chi connectivity index (χ1) is 9.28. The van der Waals surface area contributed by atoms with Crippen molar-refractivity contribution in [2.45, 2.75) is 38.6 Å². The molecule has 0 radical (unpaired) electrons. The highest BCUT2D eigenvalue weighted by molar-refractivity contribution is 5.97. The van der Waals surface area contributed by atoms with Gasteiger partial charge in [0.05, 0.1) is 0 Å². The van der Waals surface area contributed by atoms with Crippen molar-refractivity contribution in [2.24, 2.45) is 5.92 Å². The molecular weight excluding hydrogens is 234 g/mol. The fourth-order valence-corrected chi connectivity index (χ4v) is 3.22. The third kappa shape index (κ3) is 2.40. The van der Waals surface area contributed by atoms with Gasteiger partial charge in [0.15, 0.2) is 0 Å². The van der Waals surface area contributed by atoms with Crippen LogP contribution in [0.2, 0.25) is 0 Å². The minimum Gasteiger partial charge on any atom is -0.507 e. The van der Waals surface area contributed by atoms with Crippen LogP contribution < -0.4 is 5.32 Å². The number of phenols is 1. The van der Waals surface area contributed by atoms with Crippen LogP contribution in [0.25, 0.3) is 10.8 Å². The molecule has 1 fully saturated rings. The average Bonchev–Trinajstić information content (AvgIpc) is 2.88. The summed E-state index contributed by atoms with van der Waals surface area (Å²) in [6.45, 7) is 2.28. The van der Waals surface area contributed by atoms with Gasteiger partial charge in [0.1, 0.15) is 5.75 Å². The summed E-state index contributed by atoms with van der Waals surface area (Å²) >= 11 is 0. The van der Waals surface area contributed by atoms with Gasteiger partial charge in [-0.2, -0.15) is 0 Å². The van der Waals surface area contributed by atoms with E-state index in [0.29, 0.717) is 11.8 Å². The van der Waals surface area contributed by atoms with Crippen molar-refractivity contribution in [1.82, 2.24) is 0 Å². The van der Waals surface area contributed by atoms with Crippen LogP contribution >= 0.6 is 0 Å². The molecule has 2 aromatic rings. The maximum absolute atomic E-state index is 9.91. The fourth-order valence-electron chi connectivity index (χ4n) is 3.22. The molecule has 2 unspecified atom stereocenters. The molecule has 0 spiro atoms. The van der Waals surface area contributed by atoms with Crippen LogP contribution in [0.15, 0.2) is 36.4 Å². The van der Waals surface area contributed by atoms with Crippen molar-refractivity contribution < 1.29 is 5.11 Å². The molecule has 2 nitrogen and oxygen atoms in total. The van der Waals surface area contributed by atoms with E-state index in [4.69, 9.17) is 0 Å². The quantitative estimate of drug-likeness (QED) is 0.844. The third-order valence-corrected chi connectivity index (χ3v) is 4.38. The van der Waals surface area contributed by atoms with Crippen LogP contribution in [0.3, 0.4) is 0 Å². The van der Waals surface area contributed by atoms with E-state index in [1.54, 1.807) is 6.07 Å². The Balaban J connectivity index is 1.87. The lowest BCUT2D eigenvalue weighted by molar-refractivity contribution is 0.481. The Bertz CT molecular complexity index is 578. The zero-order valence-electron chi connectivity index (χ0n) is 11.4. The standard InChI is InChI=1S/C17H21NO/c1-2-12-9-10-13(11-12)18-16-7-3-6-15-14(16)5-4-8-17(15)19/h3-8,12-13,18-19H,2,9-11H2,1H3. The van der Waals surface area contributed by atoms with E-state index in [1.807, 2.05) is 18.2 Å². The second-order valence-electron chi connectivity index (χ2n) is 5.61. The smallest absolute Gasteiger partial charge is 0.123 e. The highest BCUT2D eigenvalue weighted by Gasteiger charge is 2.23. The summed E-state index contributed by atoms with van der Waals surface area (Å²) in [5.41, 5.74) is 1.15. The molecular formula is C17H21NO. The lowest BCUT2D eigenvalue weighted by Gasteiger charge is -2.16. The number of aromatic hydroxyl groups is 1. The number of benzene rings is 2. The maximum atomic E-state index is 9.91. The third-order valence-electron chi connectivity index (χ3n) is 4.38. The number of anilines is 1. The number of phenolic OH excluding ortho intramolecular Hbond substituents is 1. The Morgan fingerprint density at radius 1 is 1.11 bits per heavy atom. The molecule has 2 N–H and O–H groups in total. The van der Waals surface area contributed by atoms with Gasteiger partial charge in [-0.1, -0.05) is 37.6 Å². The van der Waals surface area contributed by atoms with E-state index in [0.717, 1.165) is 22.4 Å². The van der Waals surface area contributed by atoms with Gasteiger partial charge in [-0.15, -0.1) is 0 Å². The summed E-state index contributed by atoms with van der Waals surface area (Å²) < 4.78 is 0. The lowest BCUT2D eigenvalue weighted by Crippen LogP contribution is -2.15. The van der Waals surface area contributed by atoms with Gasteiger partial charge < -0.3 is 10.4 Å². The molecule has 2 aromatic carbocycles. The van der Waals surface area contributed by atoms with Gasteiger partial charge in [-0.3, -0.25) is 0 Å². The Hall–Kier alpha value is -1.70. The number of nitrogens with one attached hydrogen (secondary N) is 1. The number of rotatable bonds is 3. The van der Waals surface area contributed by atoms with Crippen molar-refractivity contribution in [2.75, 3.05) is 5.32 Å². The van der Waals surface area contributed by atoms with Gasteiger partial charge in [0.25, 0.3) is 0 Å². The Morgan fingerprint density at radius 2 is 1.89 bits per heavy atom. The first-order valence-electron chi connectivity index (χ1n) is 7.25. The fraction of sp³-hybridized carbons (Fsp3) is 0.412. The number of hydrogen-bond acceptors (Lipinski definition) is 2. The van der Waals surface area contributed by atoms with Gasteiger partial charge in [-0.25, -0.2) is 0 Å². The summed E-state index contributed by atoms with van der Waals surface area (Å²) in [6.07, 6.45) is 5.15. The molecule has 0 bridgehead atoms. The van der Waals surface area contributed by atoms with Crippen LogP contribution in [0.4, 0.5) is 5.69 Å². The van der Waals surface area contributed by atoms with Gasteiger partial charge in [0, 0.05) is 22.5 Å². The zero-order valence-corrected chi connectivity index (χ0v) is 11.4. The van der Waals surface area contributed by atoms with E-state index < -0.39 is 0 Å².